The Balaban J connectivity index is 2.18. The fraction of sp³-hybridized carbons (Fsp3) is 0.600. The monoisotopic (exact) mass is 550 g/mol. The lowest BCUT2D eigenvalue weighted by atomic mass is 10.0. The summed E-state index contributed by atoms with van der Waals surface area (Å²) in [6, 6.07) is 0. The first kappa shape index (κ1) is 27.6. The maximum Gasteiger partial charge on any atom is 0.512 e. The zero-order valence-electron chi connectivity index (χ0n) is 18.4. The first-order valence-electron chi connectivity index (χ1n) is 10.9. The molecule has 1 aromatic rings. The van der Waals surface area contributed by atoms with Crippen molar-refractivity contribution in [1.82, 2.24) is 4.13 Å². The number of ether oxygens (including phenoxy) is 1. The number of halogens is 6. The zero-order valence-corrected chi connectivity index (χ0v) is 20.0. The quantitative estimate of drug-likeness (QED) is 0.319. The van der Waals surface area contributed by atoms with Crippen molar-refractivity contribution < 1.29 is 47.9 Å². The average Bonchev–Trinajstić information content (AvgIpc) is 2.72. The number of allylic oxidation sites excluding steroid dienone is 2. The smallest absolute Gasteiger partial charge is 0.486 e. The number of nitrogens with zero attached hydrogens (tertiary/aromatic N) is 1. The van der Waals surface area contributed by atoms with Crippen LogP contribution in [-0.4, -0.2) is 41.5 Å². The van der Waals surface area contributed by atoms with Crippen molar-refractivity contribution in [2.75, 3.05) is 18.0 Å². The van der Waals surface area contributed by atoms with Crippen LogP contribution in [0.4, 0.5) is 32.0 Å². The molecular weight excluding hydrogens is 526 g/mol. The second kappa shape index (κ2) is 10.5. The number of hydrogen-bond acceptors (Lipinski definition) is 6. The van der Waals surface area contributed by atoms with E-state index in [1.807, 2.05) is 6.08 Å². The highest BCUT2D eigenvalue weighted by molar-refractivity contribution is 8.05. The lowest BCUT2D eigenvalue weighted by Crippen LogP contribution is -2.41. The Bertz CT molecular complexity index is 1180. The van der Waals surface area contributed by atoms with Crippen molar-refractivity contribution in [3.63, 3.8) is 0 Å². The molecule has 1 N–H and O–H groups in total. The van der Waals surface area contributed by atoms with Crippen LogP contribution in [0.15, 0.2) is 17.0 Å². The summed E-state index contributed by atoms with van der Waals surface area (Å²) in [6.07, 6.45) is 6.62. The van der Waals surface area contributed by atoms with E-state index < -0.39 is 65.4 Å². The van der Waals surface area contributed by atoms with Crippen LogP contribution >= 0.6 is 0 Å². The normalized spacial score (nSPS) is 21.3. The second-order valence-corrected chi connectivity index (χ2v) is 11.8. The molecule has 7 nitrogen and oxygen atoms in total. The summed E-state index contributed by atoms with van der Waals surface area (Å²) in [5.74, 6) is -7.20. The fourth-order valence-corrected chi connectivity index (χ4v) is 6.56. The molecule has 1 aromatic carbocycles. The van der Waals surface area contributed by atoms with E-state index in [4.69, 9.17) is 4.74 Å². The highest BCUT2D eigenvalue weighted by Crippen LogP contribution is 2.41. The van der Waals surface area contributed by atoms with E-state index in [0.717, 1.165) is 11.3 Å². The molecule has 198 valence electrons. The highest BCUT2D eigenvalue weighted by Gasteiger charge is 2.50. The van der Waals surface area contributed by atoms with E-state index in [-0.39, 0.29) is 25.9 Å². The van der Waals surface area contributed by atoms with Crippen molar-refractivity contribution in [3.8, 4) is 5.75 Å². The molecule has 0 radical (unpaired) electrons. The first-order chi connectivity index (χ1) is 16.3. The third-order valence-electron chi connectivity index (χ3n) is 5.68. The van der Waals surface area contributed by atoms with Crippen LogP contribution in [0, 0.1) is 17.5 Å². The van der Waals surface area contributed by atoms with Gasteiger partial charge in [-0.25, -0.2) is 30.0 Å². The summed E-state index contributed by atoms with van der Waals surface area (Å²) >= 11 is 0. The third kappa shape index (κ3) is 6.05. The Kier molecular flexibility index (Phi) is 8.31. The largest absolute Gasteiger partial charge is 0.512 e. The number of sulfonamides is 2. The van der Waals surface area contributed by atoms with Crippen molar-refractivity contribution in [3.05, 3.63) is 29.6 Å². The minimum Gasteiger partial charge on any atom is -0.486 e. The van der Waals surface area contributed by atoms with E-state index in [2.05, 4.69) is 0 Å². The Hall–Kier alpha value is -2.00. The highest BCUT2D eigenvalue weighted by atomic mass is 32.3. The molecule has 0 aromatic heterocycles. The Morgan fingerprint density at radius 1 is 0.857 bits per heavy atom. The third-order valence-corrected chi connectivity index (χ3v) is 8.95. The molecule has 2 aliphatic rings. The van der Waals surface area contributed by atoms with Gasteiger partial charge in [0.1, 0.15) is 5.69 Å². The van der Waals surface area contributed by atoms with Crippen LogP contribution in [0.3, 0.4) is 0 Å². The standard InChI is InChI=1S/C20H24F6N2O5S2/c21-14-15(22)19(34(29,30)27-35(31,32)20(24,25)26)18(33-13-9-5-2-1-3-6-10-13)16(23)17(14)28-11-7-4-8-12-28/h1-2,13,27H,3-12H2/b2-1-. The van der Waals surface area contributed by atoms with Crippen molar-refractivity contribution in [2.45, 2.75) is 67.9 Å². The zero-order chi connectivity index (χ0) is 26.0. The summed E-state index contributed by atoms with van der Waals surface area (Å²) in [4.78, 5) is -0.819. The molecule has 0 bridgehead atoms. The van der Waals surface area contributed by atoms with Crippen LogP contribution in [0.25, 0.3) is 0 Å². The summed E-state index contributed by atoms with van der Waals surface area (Å²) < 4.78 is 138. The minimum atomic E-state index is -6.56. The molecule has 3 rings (SSSR count). The molecule has 1 unspecified atom stereocenters. The maximum absolute atomic E-state index is 15.6. The molecule has 1 aliphatic carbocycles. The lowest BCUT2D eigenvalue weighted by molar-refractivity contribution is -0.0441. The Labute approximate surface area is 199 Å². The molecule has 0 spiro atoms. The summed E-state index contributed by atoms with van der Waals surface area (Å²) in [6.45, 7) is 0.238. The summed E-state index contributed by atoms with van der Waals surface area (Å²) in [7, 11) is -12.6. The van der Waals surface area contributed by atoms with Crippen LogP contribution in [0.1, 0.15) is 51.4 Å². The van der Waals surface area contributed by atoms with Crippen LogP contribution in [0.5, 0.6) is 5.75 Å². The van der Waals surface area contributed by atoms with Gasteiger partial charge in [-0.05, 0) is 51.4 Å². The molecule has 1 atom stereocenters. The van der Waals surface area contributed by atoms with Crippen molar-refractivity contribution in [2.24, 2.45) is 0 Å². The van der Waals surface area contributed by atoms with E-state index in [1.165, 1.54) is 0 Å². The number of anilines is 1. The van der Waals surface area contributed by atoms with E-state index in [1.54, 1.807) is 6.08 Å². The van der Waals surface area contributed by atoms with E-state index in [0.29, 0.717) is 36.2 Å². The second-order valence-electron chi connectivity index (χ2n) is 8.25. The molecule has 1 fully saturated rings. The Morgan fingerprint density at radius 3 is 2.11 bits per heavy atom. The van der Waals surface area contributed by atoms with Gasteiger partial charge in [-0.1, -0.05) is 16.3 Å². The van der Waals surface area contributed by atoms with Crippen LogP contribution in [-0.2, 0) is 20.0 Å². The fourth-order valence-electron chi connectivity index (χ4n) is 3.99. The molecule has 1 heterocycles. The number of piperidine rings is 1. The SMILES string of the molecule is O=S(=O)(NS(=O)(=O)C(F)(F)F)c1c(F)c(F)c(N2CCCCC2)c(F)c1OC1CC/C=C\CCC1. The van der Waals surface area contributed by atoms with Gasteiger partial charge in [0.05, 0.1) is 6.10 Å². The average molecular weight is 551 g/mol. The summed E-state index contributed by atoms with van der Waals surface area (Å²) in [5, 5.41) is 0. The molecular formula is C20H24F6N2O5S2. The summed E-state index contributed by atoms with van der Waals surface area (Å²) in [5.41, 5.74) is -7.01. The van der Waals surface area contributed by atoms with E-state index in [9.17, 15) is 34.4 Å². The molecule has 0 saturated carbocycles. The van der Waals surface area contributed by atoms with Gasteiger partial charge in [0.15, 0.2) is 28.1 Å². The van der Waals surface area contributed by atoms with Gasteiger partial charge < -0.3 is 9.64 Å². The molecule has 1 aliphatic heterocycles. The van der Waals surface area contributed by atoms with Gasteiger partial charge in [0, 0.05) is 13.1 Å². The maximum atomic E-state index is 15.6. The van der Waals surface area contributed by atoms with Gasteiger partial charge >= 0.3 is 15.5 Å². The predicted octanol–water partition coefficient (Wildman–Crippen LogP) is 4.49. The topological polar surface area (TPSA) is 92.8 Å². The number of alkyl halides is 3. The van der Waals surface area contributed by atoms with Gasteiger partial charge in [-0.15, -0.1) is 0 Å². The van der Waals surface area contributed by atoms with Crippen LogP contribution in [0.2, 0.25) is 0 Å². The number of hydrogen-bond donors (Lipinski definition) is 1. The lowest BCUT2D eigenvalue weighted by Gasteiger charge is -2.31. The molecule has 0 amide bonds. The number of nitrogens with one attached hydrogen (secondary N) is 1. The van der Waals surface area contributed by atoms with Crippen molar-refractivity contribution in [1.29, 1.82) is 0 Å². The van der Waals surface area contributed by atoms with Gasteiger partial charge in [0.25, 0.3) is 10.0 Å². The van der Waals surface area contributed by atoms with Gasteiger partial charge in [-0.2, -0.15) is 13.2 Å². The van der Waals surface area contributed by atoms with Gasteiger partial charge in [-0.3, -0.25) is 0 Å². The first-order valence-corrected chi connectivity index (χ1v) is 13.8. The Morgan fingerprint density at radius 2 is 1.49 bits per heavy atom. The minimum absolute atomic E-state index is 0.119. The number of rotatable bonds is 6. The van der Waals surface area contributed by atoms with E-state index >= 15 is 8.78 Å². The molecule has 15 heteroatoms. The van der Waals surface area contributed by atoms with Crippen LogP contribution < -0.4 is 13.8 Å². The van der Waals surface area contributed by atoms with Crippen molar-refractivity contribution >= 4 is 25.7 Å². The molecule has 1 saturated heterocycles. The molecule has 35 heavy (non-hydrogen) atoms. The van der Waals surface area contributed by atoms with Gasteiger partial charge in [0.2, 0.25) is 0 Å². The predicted molar refractivity (Wildman–Crippen MR) is 114 cm³/mol. The number of benzene rings is 1.